The van der Waals surface area contributed by atoms with Gasteiger partial charge in [0.05, 0.1) is 12.1 Å². The Morgan fingerprint density at radius 3 is 2.07 bits per heavy atom. The van der Waals surface area contributed by atoms with Crippen LogP contribution in [0.5, 0.6) is 0 Å². The zero-order chi connectivity index (χ0) is 30.7. The van der Waals surface area contributed by atoms with Crippen LogP contribution in [0.4, 0.5) is 9.59 Å². The van der Waals surface area contributed by atoms with Gasteiger partial charge < -0.3 is 30.1 Å². The maximum Gasteiger partial charge on any atom is 0.408 e. The summed E-state index contributed by atoms with van der Waals surface area (Å²) in [6.07, 6.45) is 1.76. The molecular weight excluding hydrogens is 540 g/mol. The first-order chi connectivity index (χ1) is 19.9. The molecular formula is C31H42N4O7. The molecule has 0 saturated carbocycles. The van der Waals surface area contributed by atoms with Gasteiger partial charge in [-0.25, -0.2) is 9.59 Å². The standard InChI is InChI=1S/C31H42N4O7/c1-21(2)16-25(33-29(39)42-20-23-10-13-32-14-11-23)27(37)31(3,4)17-26(28(38)35-15-12-24(36)18-35)34-30(40)41-19-22-8-6-5-7-9-22/h5-11,13-14,21,24-26,36H,12,15-20H2,1-4H3,(H,33,39)(H,34,40)/t24?,25-,26-/m0/s1. The fourth-order valence-electron chi connectivity index (χ4n) is 4.87. The van der Waals surface area contributed by atoms with Crippen LogP contribution in [0.3, 0.4) is 0 Å². The fraction of sp³-hybridized carbons (Fsp3) is 0.516. The van der Waals surface area contributed by atoms with Crippen LogP contribution in [-0.2, 0) is 32.3 Å². The van der Waals surface area contributed by atoms with E-state index in [2.05, 4.69) is 15.6 Å². The summed E-state index contributed by atoms with van der Waals surface area (Å²) in [6.45, 7) is 7.76. The van der Waals surface area contributed by atoms with Crippen LogP contribution in [0, 0.1) is 11.3 Å². The molecule has 11 nitrogen and oxygen atoms in total. The maximum atomic E-state index is 13.9. The number of carbonyl (C=O) groups is 4. The minimum Gasteiger partial charge on any atom is -0.445 e. The van der Waals surface area contributed by atoms with Gasteiger partial charge in [0.25, 0.3) is 0 Å². The second-order valence-corrected chi connectivity index (χ2v) is 11.7. The lowest BCUT2D eigenvalue weighted by atomic mass is 9.77. The van der Waals surface area contributed by atoms with Gasteiger partial charge in [0.2, 0.25) is 5.91 Å². The average Bonchev–Trinajstić information content (AvgIpc) is 3.40. The number of rotatable bonds is 13. The Hall–Kier alpha value is -3.99. The summed E-state index contributed by atoms with van der Waals surface area (Å²) in [6, 6.07) is 10.6. The minimum absolute atomic E-state index is 0.0142. The monoisotopic (exact) mass is 582 g/mol. The highest BCUT2D eigenvalue weighted by atomic mass is 16.6. The molecule has 0 bridgehead atoms. The molecule has 2 aromatic rings. The predicted molar refractivity (Wildman–Crippen MR) is 155 cm³/mol. The smallest absolute Gasteiger partial charge is 0.408 e. The molecule has 1 aromatic heterocycles. The third kappa shape index (κ3) is 10.1. The van der Waals surface area contributed by atoms with Gasteiger partial charge in [0, 0.05) is 30.9 Å². The zero-order valence-corrected chi connectivity index (χ0v) is 24.7. The number of nitrogens with zero attached hydrogens (tertiary/aromatic N) is 2. The molecule has 3 N–H and O–H groups in total. The lowest BCUT2D eigenvalue weighted by Gasteiger charge is -2.33. The van der Waals surface area contributed by atoms with E-state index in [4.69, 9.17) is 9.47 Å². The molecule has 3 amide bonds. The summed E-state index contributed by atoms with van der Waals surface area (Å²) in [7, 11) is 0. The molecule has 1 unspecified atom stereocenters. The number of aliphatic hydroxyl groups excluding tert-OH is 1. The number of benzene rings is 1. The molecule has 1 aliphatic heterocycles. The van der Waals surface area contributed by atoms with Crippen molar-refractivity contribution in [3.63, 3.8) is 0 Å². The van der Waals surface area contributed by atoms with Gasteiger partial charge in [0.15, 0.2) is 5.78 Å². The summed E-state index contributed by atoms with van der Waals surface area (Å²) in [5, 5.41) is 15.3. The lowest BCUT2D eigenvalue weighted by molar-refractivity contribution is -0.135. The number of Topliss-reactive ketones (excluding diaryl/α,β-unsaturated/α-hetero) is 1. The molecule has 0 spiro atoms. The van der Waals surface area contributed by atoms with Crippen LogP contribution < -0.4 is 10.6 Å². The molecule has 1 fully saturated rings. The van der Waals surface area contributed by atoms with Crippen LogP contribution in [0.25, 0.3) is 0 Å². The highest BCUT2D eigenvalue weighted by molar-refractivity contribution is 5.93. The predicted octanol–water partition coefficient (Wildman–Crippen LogP) is 3.60. The largest absolute Gasteiger partial charge is 0.445 e. The normalized spacial score (nSPS) is 16.4. The van der Waals surface area contributed by atoms with Crippen molar-refractivity contribution in [2.75, 3.05) is 13.1 Å². The van der Waals surface area contributed by atoms with Gasteiger partial charge in [0.1, 0.15) is 19.3 Å². The lowest BCUT2D eigenvalue weighted by Crippen LogP contribution is -2.53. The number of β-amino-alcohol motifs (C(OH)–C–C–N with tert-alkyl or cyclic N) is 1. The third-order valence-electron chi connectivity index (χ3n) is 7.09. The van der Waals surface area contributed by atoms with Gasteiger partial charge in [-0.15, -0.1) is 0 Å². The molecule has 1 saturated heterocycles. The van der Waals surface area contributed by atoms with E-state index < -0.39 is 41.7 Å². The second-order valence-electron chi connectivity index (χ2n) is 11.7. The summed E-state index contributed by atoms with van der Waals surface area (Å²) >= 11 is 0. The van der Waals surface area contributed by atoms with Crippen molar-refractivity contribution in [1.82, 2.24) is 20.5 Å². The van der Waals surface area contributed by atoms with Crippen molar-refractivity contribution in [1.29, 1.82) is 0 Å². The Morgan fingerprint density at radius 1 is 0.952 bits per heavy atom. The summed E-state index contributed by atoms with van der Waals surface area (Å²) in [5.41, 5.74) is 0.404. The molecule has 3 rings (SSSR count). The van der Waals surface area contributed by atoms with Gasteiger partial charge in [-0.05, 0) is 48.4 Å². The zero-order valence-electron chi connectivity index (χ0n) is 24.7. The Morgan fingerprint density at radius 2 is 1.52 bits per heavy atom. The van der Waals surface area contributed by atoms with Crippen LogP contribution in [0.2, 0.25) is 0 Å². The number of amides is 3. The number of hydrogen-bond acceptors (Lipinski definition) is 8. The van der Waals surface area contributed by atoms with E-state index in [0.29, 0.717) is 19.4 Å². The second kappa shape index (κ2) is 15.3. The van der Waals surface area contributed by atoms with Crippen LogP contribution in [0.15, 0.2) is 54.9 Å². The van der Waals surface area contributed by atoms with Crippen molar-refractivity contribution in [2.24, 2.45) is 11.3 Å². The van der Waals surface area contributed by atoms with E-state index in [1.54, 1.807) is 38.4 Å². The van der Waals surface area contributed by atoms with Gasteiger partial charge in [-0.2, -0.15) is 0 Å². The number of aliphatic hydroxyl groups is 1. The Bertz CT molecular complexity index is 1190. The SMILES string of the molecule is CC(C)C[C@H](NC(=O)OCc1ccncc1)C(=O)C(C)(C)C[C@H](NC(=O)OCc1ccccc1)C(=O)N1CCC(O)C1. The first-order valence-electron chi connectivity index (χ1n) is 14.2. The van der Waals surface area contributed by atoms with Crippen LogP contribution in [0.1, 0.15) is 58.1 Å². The molecule has 1 aliphatic rings. The van der Waals surface area contributed by atoms with Crippen LogP contribution >= 0.6 is 0 Å². The van der Waals surface area contributed by atoms with Gasteiger partial charge in [-0.3, -0.25) is 14.6 Å². The fourth-order valence-corrected chi connectivity index (χ4v) is 4.87. The van der Waals surface area contributed by atoms with Gasteiger partial charge in [-0.1, -0.05) is 58.0 Å². The number of hydrogen-bond donors (Lipinski definition) is 3. The number of ether oxygens (including phenoxy) is 2. The molecule has 1 aromatic carbocycles. The van der Waals surface area contributed by atoms with E-state index in [-0.39, 0.29) is 37.9 Å². The Balaban J connectivity index is 1.70. The van der Waals surface area contributed by atoms with E-state index in [1.807, 2.05) is 44.2 Å². The van der Waals surface area contributed by atoms with Crippen molar-refractivity contribution in [2.45, 2.75) is 78.4 Å². The third-order valence-corrected chi connectivity index (χ3v) is 7.09. The van der Waals surface area contributed by atoms with Crippen molar-refractivity contribution in [3.05, 3.63) is 66.0 Å². The van der Waals surface area contributed by atoms with E-state index in [9.17, 15) is 24.3 Å². The minimum atomic E-state index is -1.14. The van der Waals surface area contributed by atoms with Crippen molar-refractivity contribution < 1.29 is 33.8 Å². The average molecular weight is 583 g/mol. The maximum absolute atomic E-state index is 13.9. The summed E-state index contributed by atoms with van der Waals surface area (Å²) in [5.74, 6) is -0.630. The topological polar surface area (TPSA) is 147 Å². The quantitative estimate of drug-likeness (QED) is 0.325. The molecule has 11 heteroatoms. The highest BCUT2D eigenvalue weighted by Crippen LogP contribution is 2.29. The highest BCUT2D eigenvalue weighted by Gasteiger charge is 2.41. The molecule has 2 heterocycles. The van der Waals surface area contributed by atoms with Crippen molar-refractivity contribution >= 4 is 23.9 Å². The van der Waals surface area contributed by atoms with Crippen LogP contribution in [-0.4, -0.2) is 70.1 Å². The number of ketones is 1. The molecule has 228 valence electrons. The first kappa shape index (κ1) is 32.5. The van der Waals surface area contributed by atoms with E-state index >= 15 is 0 Å². The first-order valence-corrected chi connectivity index (χ1v) is 14.2. The van der Waals surface area contributed by atoms with E-state index in [0.717, 1.165) is 11.1 Å². The molecule has 0 radical (unpaired) electrons. The number of pyridine rings is 1. The number of carbonyl (C=O) groups excluding carboxylic acids is 4. The number of alkyl carbamates (subject to hydrolysis) is 2. The number of aromatic nitrogens is 1. The van der Waals surface area contributed by atoms with Crippen molar-refractivity contribution in [3.8, 4) is 0 Å². The molecule has 42 heavy (non-hydrogen) atoms. The van der Waals surface area contributed by atoms with Gasteiger partial charge >= 0.3 is 12.2 Å². The number of likely N-dealkylation sites (tertiary alicyclic amines) is 1. The molecule has 3 atom stereocenters. The Kier molecular flexibility index (Phi) is 11.8. The molecule has 0 aliphatic carbocycles. The Labute approximate surface area is 247 Å². The summed E-state index contributed by atoms with van der Waals surface area (Å²) < 4.78 is 10.7. The van der Waals surface area contributed by atoms with E-state index in [1.165, 1.54) is 4.90 Å². The number of nitrogens with one attached hydrogen (secondary N) is 2. The summed E-state index contributed by atoms with van der Waals surface area (Å²) in [4.78, 5) is 58.2.